The summed E-state index contributed by atoms with van der Waals surface area (Å²) >= 11 is 48.6. The molecule has 0 saturated heterocycles. The highest BCUT2D eigenvalue weighted by atomic mass is 35.5. The zero-order valence-electron chi connectivity index (χ0n) is 75.5. The van der Waals surface area contributed by atoms with Crippen LogP contribution in [0.4, 0.5) is 19.2 Å². The van der Waals surface area contributed by atoms with E-state index in [-0.39, 0.29) is 62.1 Å². The lowest BCUT2D eigenvalue weighted by Gasteiger charge is -2.35. The summed E-state index contributed by atoms with van der Waals surface area (Å²) in [5.74, 6) is 7.31. The fraction of sp³-hybridized carbons (Fsp3) is 0.288. The summed E-state index contributed by atoms with van der Waals surface area (Å²) in [6.45, 7) is 11.6. The Morgan fingerprint density at radius 1 is 0.406 bits per heavy atom. The number of nitrogens with one attached hydrogen (secondary N) is 4. The van der Waals surface area contributed by atoms with E-state index in [9.17, 15) is 19.2 Å². The first kappa shape index (κ1) is 98.4. The second-order valence-corrected chi connectivity index (χ2v) is 36.4. The van der Waals surface area contributed by atoms with E-state index in [0.29, 0.717) is 127 Å². The molecule has 19 rings (SSSR count). The minimum atomic E-state index is -0.415. The van der Waals surface area contributed by atoms with E-state index in [2.05, 4.69) is 52.6 Å². The number of terminal acetylenes is 1. The molecule has 0 aliphatic carbocycles. The molecule has 6 aromatic heterocycles. The number of alkyl halides is 3. The molecule has 4 atom stereocenters. The molecule has 0 bridgehead atoms. The van der Waals surface area contributed by atoms with Crippen molar-refractivity contribution in [2.45, 2.75) is 109 Å². The lowest BCUT2D eigenvalue weighted by atomic mass is 9.92. The van der Waals surface area contributed by atoms with Crippen LogP contribution in [0.2, 0.25) is 25.1 Å². The minimum Gasteiger partial charge on any atom is -0.494 e. The van der Waals surface area contributed by atoms with Crippen LogP contribution in [0.3, 0.4) is 0 Å². The molecule has 4 unspecified atom stereocenters. The smallest absolute Gasteiger partial charge is 0.415 e. The number of nitrogens with zero attached hydrogens (tertiary/aromatic N) is 10. The number of hydrogen-bond donors (Lipinski definition) is 4. The lowest BCUT2D eigenvalue weighted by molar-refractivity contribution is 0.0831. The molecule has 0 saturated carbocycles. The number of benzene rings is 9. The zero-order valence-corrected chi connectivity index (χ0v) is 81.5. The summed E-state index contributed by atoms with van der Waals surface area (Å²) in [5, 5.41) is 15.8. The summed E-state index contributed by atoms with van der Waals surface area (Å²) in [6.07, 6.45) is 16.5. The quantitative estimate of drug-likeness (QED) is 0.0111. The van der Waals surface area contributed by atoms with Gasteiger partial charge in [-0.1, -0.05) is 131 Å². The monoisotopic (exact) mass is 2020 g/mol. The number of carbonyl (C=O) groups excluding carboxylic acids is 4. The van der Waals surface area contributed by atoms with Gasteiger partial charge in [-0.25, -0.2) is 29.1 Å². The summed E-state index contributed by atoms with van der Waals surface area (Å²) < 4.78 is 48.8. The number of fused-ring (bicyclic) bond motifs is 12. The lowest BCUT2D eigenvalue weighted by Crippen LogP contribution is -2.41. The Kier molecular flexibility index (Phi) is 33.6. The summed E-state index contributed by atoms with van der Waals surface area (Å²) in [4.78, 5) is 81.2. The maximum atomic E-state index is 13.5. The molecule has 10 heterocycles. The van der Waals surface area contributed by atoms with Crippen molar-refractivity contribution in [2.75, 3.05) is 83.5 Å². The third kappa shape index (κ3) is 23.8. The van der Waals surface area contributed by atoms with Crippen LogP contribution in [0.15, 0.2) is 232 Å². The number of allylic oxidation sites excluding steroid dienone is 1. The second kappa shape index (κ2) is 47.1. The highest BCUT2D eigenvalue weighted by Crippen LogP contribution is 2.46. The number of carbonyl (C=O) groups is 4. The highest BCUT2D eigenvalue weighted by Gasteiger charge is 2.41. The van der Waals surface area contributed by atoms with E-state index in [1.54, 1.807) is 54.6 Å². The number of aryl methyl sites for hydroxylation is 2. The zero-order chi connectivity index (χ0) is 96.1. The average Bonchev–Trinajstić information content (AvgIpc) is 1.60. The van der Waals surface area contributed by atoms with Gasteiger partial charge < -0.3 is 57.8 Å². The molecule has 4 amide bonds. The van der Waals surface area contributed by atoms with Crippen LogP contribution in [0.25, 0.3) is 43.6 Å². The van der Waals surface area contributed by atoms with Gasteiger partial charge in [0.2, 0.25) is 0 Å². The van der Waals surface area contributed by atoms with Gasteiger partial charge in [-0.3, -0.25) is 29.0 Å². The number of hydrogen-bond acceptors (Lipinski definition) is 16. The molecule has 4 aliphatic rings. The Labute approximate surface area is 837 Å². The maximum Gasteiger partial charge on any atom is 0.415 e. The van der Waals surface area contributed by atoms with Crippen molar-refractivity contribution >= 4 is 161 Å². The minimum absolute atomic E-state index is 0.0955. The molecule has 9 aromatic carbocycles. The van der Waals surface area contributed by atoms with Gasteiger partial charge >= 0.3 is 24.4 Å². The van der Waals surface area contributed by atoms with Crippen molar-refractivity contribution in [1.82, 2.24) is 69.1 Å². The van der Waals surface area contributed by atoms with E-state index in [1.807, 2.05) is 188 Å². The average molecular weight is 2020 g/mol. The van der Waals surface area contributed by atoms with Gasteiger partial charge in [0.25, 0.3) is 0 Å². The number of aromatic nitrogens is 10. The predicted octanol–water partition coefficient (Wildman–Crippen LogP) is 24.4. The van der Waals surface area contributed by atoms with Gasteiger partial charge in [0.15, 0.2) is 0 Å². The number of rotatable bonds is 29. The van der Waals surface area contributed by atoms with Crippen molar-refractivity contribution in [2.24, 2.45) is 0 Å². The first-order valence-electron chi connectivity index (χ1n) is 45.3. The van der Waals surface area contributed by atoms with Crippen LogP contribution in [0, 0.1) is 12.3 Å². The molecule has 4 N–H and O–H groups in total. The van der Waals surface area contributed by atoms with E-state index in [1.165, 1.54) is 29.3 Å². The molecule has 15 aromatic rings. The summed E-state index contributed by atoms with van der Waals surface area (Å²) in [5.41, 5.74) is 17.1. The second-order valence-electron chi connectivity index (χ2n) is 33.1. The third-order valence-electron chi connectivity index (χ3n) is 24.0. The Bertz CT molecular complexity index is 6750. The Hall–Kier alpha value is -12.7. The number of H-pyrrole nitrogens is 4. The molecule has 714 valence electrons. The van der Waals surface area contributed by atoms with Gasteiger partial charge in [-0.2, -0.15) is 10.2 Å². The molecular formula is C104H100Cl8N14O12. The van der Waals surface area contributed by atoms with Crippen LogP contribution in [-0.4, -0.2) is 177 Å². The molecule has 0 radical (unpaired) electrons. The molecule has 138 heavy (non-hydrogen) atoms. The Morgan fingerprint density at radius 2 is 0.732 bits per heavy atom. The van der Waals surface area contributed by atoms with Gasteiger partial charge in [-0.05, 0) is 217 Å². The first-order chi connectivity index (χ1) is 67.3. The SMILES string of the molecule is C#CCCOC(=O)N1CCc2c([nH]c3ccc(Cl)cc23)C1c1ccc(OCCCn2cncn2)cc1.C=C(C)OC(=O)N1CCc2c([nH]c3ccc(Cl)cc23)C1c1ccc(OCCCCl)cc1.O=C(OCCCl)N1CCc2c([nH]c3ccc(Cl)cc23)C1c1ccc(OCCCCl)cc1.O=C(OCc1ccccc1Cl)N1CCc2c([nH]c3ccc(Cl)cc23)C1c1ccc(OCCCn2cncn2)cc1. The van der Waals surface area contributed by atoms with E-state index in [4.69, 9.17) is 137 Å². The molecular weight excluding hydrogens is 1920 g/mol. The highest BCUT2D eigenvalue weighted by molar-refractivity contribution is 6.33. The van der Waals surface area contributed by atoms with Gasteiger partial charge in [0.1, 0.15) is 92.3 Å². The van der Waals surface area contributed by atoms with Crippen LogP contribution in [0.1, 0.15) is 136 Å². The molecule has 0 fully saturated rings. The summed E-state index contributed by atoms with van der Waals surface area (Å²) in [7, 11) is 0. The number of aromatic amines is 4. The van der Waals surface area contributed by atoms with Crippen molar-refractivity contribution in [3.8, 4) is 35.3 Å². The van der Waals surface area contributed by atoms with E-state index in [0.717, 1.165) is 162 Å². The number of halogens is 8. The van der Waals surface area contributed by atoms with Gasteiger partial charge in [0.05, 0.1) is 38.1 Å². The third-order valence-corrected chi connectivity index (χ3v) is 26.0. The van der Waals surface area contributed by atoms with Crippen molar-refractivity contribution < 1.29 is 57.1 Å². The van der Waals surface area contributed by atoms with Crippen molar-refractivity contribution in [3.63, 3.8) is 0 Å². The molecule has 4 aliphatic heterocycles. The molecule has 34 heteroatoms. The largest absolute Gasteiger partial charge is 0.494 e. The first-order valence-corrected chi connectivity index (χ1v) is 48.8. The van der Waals surface area contributed by atoms with Crippen LogP contribution in [-0.2, 0) is 64.3 Å². The summed E-state index contributed by atoms with van der Waals surface area (Å²) in [6, 6.07) is 60.6. The van der Waals surface area contributed by atoms with Crippen LogP contribution >= 0.6 is 92.8 Å². The molecule has 26 nitrogen and oxygen atoms in total. The topological polar surface area (TPSA) is 280 Å². The fourth-order valence-electron chi connectivity index (χ4n) is 17.8. The van der Waals surface area contributed by atoms with Crippen molar-refractivity contribution in [1.29, 1.82) is 0 Å². The molecule has 0 spiro atoms. The maximum absolute atomic E-state index is 13.5. The Morgan fingerprint density at radius 3 is 1.04 bits per heavy atom. The van der Waals surface area contributed by atoms with Gasteiger partial charge in [0, 0.05) is 167 Å². The van der Waals surface area contributed by atoms with Gasteiger partial charge in [-0.15, -0.1) is 47.1 Å². The normalized spacial score (nSPS) is 15.2. The van der Waals surface area contributed by atoms with Crippen LogP contribution < -0.4 is 18.9 Å². The van der Waals surface area contributed by atoms with Crippen molar-refractivity contribution in [3.05, 3.63) is 330 Å². The fourth-order valence-corrected chi connectivity index (χ4v) is 18.9. The van der Waals surface area contributed by atoms with E-state index >= 15 is 0 Å². The van der Waals surface area contributed by atoms with Crippen LogP contribution in [0.5, 0.6) is 23.0 Å². The standard InChI is InChI=1S/C30H27Cl2N5O3.C27H26ClN5O3.C24H24Cl2N2O3.C23H23Cl3N2O3/c31-22-8-11-27-25(16-22)24-12-14-37(30(38)40-17-21-4-1-2-5-26(21)32)29(28(24)35-27)20-6-9-23(10-7-20)39-15-3-13-36-19-33-18-34-36;1-2-3-14-36-27(34)33-13-11-22-23-16-20(28)7-10-24(23)31-25(22)26(33)19-5-8-21(9-6-19)35-15-4-12-32-18-29-17-30-32;1-15(2)31-24(29)28-12-10-19-20-14-17(26)6-9-21(20)27-22(19)23(28)16-4-7-18(8-5-16)30-13-3-11-25;24-9-1-12-30-17-5-2-15(3-6-17)22-21-18(8-11-28(22)23(29)31-13-10-25)19-14-16(26)4-7-20(19)27-21/h1-2,4-11,16,18-19,29,35H,3,12-15,17H2;1,5-10,16-18,26,31H,3-4,11-15H2;4-9,14,23,27H,1,3,10-13H2,2H3;2-7,14,22,27H,1,8-13H2. The number of ether oxygens (including phenoxy) is 8. The number of amides is 4. The predicted molar refractivity (Wildman–Crippen MR) is 540 cm³/mol. The van der Waals surface area contributed by atoms with E-state index < -0.39 is 12.2 Å². The Balaban J connectivity index is 0.000000134.